The minimum absolute atomic E-state index is 0.987. The predicted molar refractivity (Wildman–Crippen MR) is 31.6 cm³/mol. The molecular weight excluding hydrogens is 92.1 g/mol. The quantitative estimate of drug-likeness (QED) is 0.513. The molecule has 0 N–H and O–H groups in total. The lowest BCUT2D eigenvalue weighted by molar-refractivity contribution is 1.20. The molecule has 0 aliphatic heterocycles. The van der Waals surface area contributed by atoms with Gasteiger partial charge in [-0.25, -0.2) is 0 Å². The summed E-state index contributed by atoms with van der Waals surface area (Å²) < 4.78 is 0. The Balaban J connectivity index is 2.99. The van der Waals surface area contributed by atoms with Crippen molar-refractivity contribution in [2.24, 2.45) is 0 Å². The molecule has 0 saturated carbocycles. The maximum Gasteiger partial charge on any atom is -0.0140 e. The highest BCUT2D eigenvalue weighted by atomic mass is 32.2. The van der Waals surface area contributed by atoms with Gasteiger partial charge in [0.25, 0.3) is 0 Å². The fourth-order valence-electron chi connectivity index (χ4n) is 0.144. The number of allylic oxidation sites excluding steroid dienone is 1. The Bertz CT molecular complexity index is 41.9. The summed E-state index contributed by atoms with van der Waals surface area (Å²) in [6, 6.07) is 0. The van der Waals surface area contributed by atoms with Crippen molar-refractivity contribution in [1.29, 1.82) is 0 Å². The number of thioether (sulfide) groups is 1. The van der Waals surface area contributed by atoms with Crippen LogP contribution in [0, 0.1) is 6.58 Å². The molecular formula is C5H9S. The van der Waals surface area contributed by atoms with E-state index in [-0.39, 0.29) is 0 Å². The third kappa shape index (κ3) is 2.33. The molecule has 0 atom stereocenters. The zero-order chi connectivity index (χ0) is 4.99. The van der Waals surface area contributed by atoms with Crippen LogP contribution in [0.4, 0.5) is 0 Å². The van der Waals surface area contributed by atoms with E-state index in [1.807, 2.05) is 13.2 Å². The molecule has 0 amide bonds. The van der Waals surface area contributed by atoms with E-state index in [1.54, 1.807) is 11.8 Å². The topological polar surface area (TPSA) is 0 Å². The summed E-state index contributed by atoms with van der Waals surface area (Å²) in [5.41, 5.74) is 0. The second-order valence-electron chi connectivity index (χ2n) is 1.02. The Morgan fingerprint density at radius 1 is 1.83 bits per heavy atom. The molecule has 1 radical (unpaired) electrons. The first-order chi connectivity index (χ1) is 2.81. The lowest BCUT2D eigenvalue weighted by atomic mass is 10.5. The molecule has 0 bridgehead atoms. The Morgan fingerprint density at radius 2 is 2.33 bits per heavy atom. The van der Waals surface area contributed by atoms with E-state index in [9.17, 15) is 0 Å². The van der Waals surface area contributed by atoms with E-state index in [0.717, 1.165) is 11.3 Å². The molecule has 6 heavy (non-hydrogen) atoms. The standard InChI is InChI=1S/C5H9S/c1-4-5(2)6-3/h2H,4H2,1,3H3. The normalized spacial score (nSPS) is 8.33. The molecule has 0 saturated heterocycles. The Hall–Kier alpha value is 0.0900. The van der Waals surface area contributed by atoms with Crippen LogP contribution >= 0.6 is 11.8 Å². The van der Waals surface area contributed by atoms with Gasteiger partial charge in [0.15, 0.2) is 0 Å². The number of hydrogen-bond acceptors (Lipinski definition) is 1. The first-order valence-electron chi connectivity index (χ1n) is 1.96. The first kappa shape index (κ1) is 6.09. The van der Waals surface area contributed by atoms with Crippen molar-refractivity contribution in [3.63, 3.8) is 0 Å². The SMILES string of the molecule is [CH]=C(CC)SC. The van der Waals surface area contributed by atoms with Crippen LogP contribution in [0.3, 0.4) is 0 Å². The van der Waals surface area contributed by atoms with Crippen molar-refractivity contribution in [3.05, 3.63) is 11.5 Å². The van der Waals surface area contributed by atoms with E-state index < -0.39 is 0 Å². The van der Waals surface area contributed by atoms with Gasteiger partial charge in [-0.2, -0.15) is 0 Å². The van der Waals surface area contributed by atoms with Crippen LogP contribution in [0.5, 0.6) is 0 Å². The van der Waals surface area contributed by atoms with E-state index in [2.05, 4.69) is 0 Å². The molecule has 0 aromatic heterocycles. The summed E-state index contributed by atoms with van der Waals surface area (Å²) in [7, 11) is 0. The molecule has 0 fully saturated rings. The minimum Gasteiger partial charge on any atom is -0.134 e. The molecule has 1 heteroatoms. The molecule has 0 aliphatic carbocycles. The highest BCUT2D eigenvalue weighted by Crippen LogP contribution is 2.09. The van der Waals surface area contributed by atoms with E-state index in [4.69, 9.17) is 6.58 Å². The molecule has 0 nitrogen and oxygen atoms in total. The van der Waals surface area contributed by atoms with Crippen molar-refractivity contribution in [3.8, 4) is 0 Å². The maximum atomic E-state index is 5.35. The van der Waals surface area contributed by atoms with Crippen molar-refractivity contribution >= 4 is 11.8 Å². The molecule has 0 aromatic carbocycles. The summed E-state index contributed by atoms with van der Waals surface area (Å²) in [6.45, 7) is 7.40. The smallest absolute Gasteiger partial charge is 0.0140 e. The number of rotatable bonds is 2. The van der Waals surface area contributed by atoms with Crippen LogP contribution in [-0.4, -0.2) is 6.26 Å². The van der Waals surface area contributed by atoms with Crippen molar-refractivity contribution in [2.75, 3.05) is 6.26 Å². The van der Waals surface area contributed by atoms with Crippen molar-refractivity contribution < 1.29 is 0 Å². The molecule has 0 unspecified atom stereocenters. The number of hydrogen-bond donors (Lipinski definition) is 0. The van der Waals surface area contributed by atoms with Gasteiger partial charge in [0.05, 0.1) is 0 Å². The first-order valence-corrected chi connectivity index (χ1v) is 3.19. The zero-order valence-electron chi connectivity index (χ0n) is 4.19. The Morgan fingerprint density at radius 3 is 2.33 bits per heavy atom. The van der Waals surface area contributed by atoms with Crippen LogP contribution < -0.4 is 0 Å². The lowest BCUT2D eigenvalue weighted by Crippen LogP contribution is -1.62. The van der Waals surface area contributed by atoms with Crippen LogP contribution in [0.2, 0.25) is 0 Å². The van der Waals surface area contributed by atoms with E-state index >= 15 is 0 Å². The van der Waals surface area contributed by atoms with Crippen LogP contribution in [0.1, 0.15) is 13.3 Å². The largest absolute Gasteiger partial charge is 0.134 e. The van der Waals surface area contributed by atoms with Crippen molar-refractivity contribution in [2.45, 2.75) is 13.3 Å². The molecule has 35 valence electrons. The van der Waals surface area contributed by atoms with Gasteiger partial charge in [0.1, 0.15) is 0 Å². The Labute approximate surface area is 43.6 Å². The molecule has 0 spiro atoms. The van der Waals surface area contributed by atoms with Gasteiger partial charge in [-0.3, -0.25) is 0 Å². The summed E-state index contributed by atoms with van der Waals surface area (Å²) in [5, 5.41) is 0. The Kier molecular flexibility index (Phi) is 3.34. The average molecular weight is 101 g/mol. The van der Waals surface area contributed by atoms with Gasteiger partial charge in [0, 0.05) is 0 Å². The van der Waals surface area contributed by atoms with E-state index in [1.165, 1.54) is 0 Å². The van der Waals surface area contributed by atoms with Crippen LogP contribution in [0.15, 0.2) is 4.91 Å². The molecule has 0 heterocycles. The third-order valence-electron chi connectivity index (χ3n) is 0.611. The van der Waals surface area contributed by atoms with Gasteiger partial charge < -0.3 is 0 Å². The van der Waals surface area contributed by atoms with Gasteiger partial charge in [-0.1, -0.05) is 13.5 Å². The average Bonchev–Trinajstić information content (AvgIpc) is 1.65. The fraction of sp³-hybridized carbons (Fsp3) is 0.600. The van der Waals surface area contributed by atoms with Gasteiger partial charge >= 0.3 is 0 Å². The summed E-state index contributed by atoms with van der Waals surface area (Å²) in [4.78, 5) is 1.01. The molecule has 0 aromatic rings. The summed E-state index contributed by atoms with van der Waals surface area (Å²) in [6.07, 6.45) is 2.97. The highest BCUT2D eigenvalue weighted by molar-refractivity contribution is 8.02. The monoisotopic (exact) mass is 101 g/mol. The molecule has 0 rings (SSSR count). The second kappa shape index (κ2) is 3.29. The molecule has 0 aliphatic rings. The summed E-state index contributed by atoms with van der Waals surface area (Å²) in [5.74, 6) is 0. The van der Waals surface area contributed by atoms with Crippen LogP contribution in [0.25, 0.3) is 0 Å². The lowest BCUT2D eigenvalue weighted by Gasteiger charge is -1.88. The zero-order valence-corrected chi connectivity index (χ0v) is 5.01. The van der Waals surface area contributed by atoms with Gasteiger partial charge in [-0.05, 0) is 17.6 Å². The maximum absolute atomic E-state index is 5.35. The minimum atomic E-state index is 0.987. The fourth-order valence-corrected chi connectivity index (χ4v) is 0.433. The van der Waals surface area contributed by atoms with E-state index in [0.29, 0.717) is 0 Å². The van der Waals surface area contributed by atoms with Crippen LogP contribution in [-0.2, 0) is 0 Å². The van der Waals surface area contributed by atoms with Gasteiger partial charge in [0.2, 0.25) is 0 Å². The van der Waals surface area contributed by atoms with Crippen molar-refractivity contribution in [1.82, 2.24) is 0 Å². The van der Waals surface area contributed by atoms with Gasteiger partial charge in [-0.15, -0.1) is 11.8 Å². The predicted octanol–water partition coefficient (Wildman–Crippen LogP) is 2.08. The summed E-state index contributed by atoms with van der Waals surface area (Å²) >= 11 is 1.62. The highest BCUT2D eigenvalue weighted by Gasteiger charge is 1.78. The second-order valence-corrected chi connectivity index (χ2v) is 1.96. The third-order valence-corrected chi connectivity index (χ3v) is 1.42.